The summed E-state index contributed by atoms with van der Waals surface area (Å²) < 4.78 is 39.2. The molecule has 0 bridgehead atoms. The van der Waals surface area contributed by atoms with E-state index in [2.05, 4.69) is 0 Å². The summed E-state index contributed by atoms with van der Waals surface area (Å²) >= 11 is 6.15. The van der Waals surface area contributed by atoms with E-state index in [9.17, 15) is 18.4 Å². The van der Waals surface area contributed by atoms with E-state index < -0.39 is 30.1 Å². The van der Waals surface area contributed by atoms with Crippen LogP contribution in [0.2, 0.25) is 0 Å². The Kier molecular flexibility index (Phi) is 7.97. The number of carbonyl (C=O) groups is 2. The number of carboxylic acids is 1. The second kappa shape index (κ2) is 11.3. The standard InChI is InChI=1S/C26H19F2NO5S2/c27-19-8-7-18(20(28)12-19)15-34-21-9-6-17(10-22(21)33-14-16-4-2-1-3-5-16)11-23-25(32)29(13-24(30)31)26(35)36-23/h1-12H,13-15H2,(H,30,31). The predicted octanol–water partition coefficient (Wildman–Crippen LogP) is 5.41. The molecule has 6 nitrogen and oxygen atoms in total. The molecular formula is C26H19F2NO5S2. The molecule has 0 spiro atoms. The molecular weight excluding hydrogens is 508 g/mol. The maximum Gasteiger partial charge on any atom is 0.323 e. The van der Waals surface area contributed by atoms with Crippen LogP contribution in [0, 0.1) is 11.6 Å². The van der Waals surface area contributed by atoms with Crippen LogP contribution in [0.15, 0.2) is 71.6 Å². The van der Waals surface area contributed by atoms with E-state index >= 15 is 0 Å². The average Bonchev–Trinajstić information content (AvgIpc) is 3.10. The van der Waals surface area contributed by atoms with Crippen LogP contribution in [0.5, 0.6) is 11.5 Å². The maximum atomic E-state index is 14.0. The van der Waals surface area contributed by atoms with Crippen molar-refractivity contribution >= 4 is 46.3 Å². The van der Waals surface area contributed by atoms with Gasteiger partial charge in [0.15, 0.2) is 11.5 Å². The third-order valence-electron chi connectivity index (χ3n) is 5.07. The Bertz CT molecular complexity index is 1350. The number of rotatable bonds is 9. The lowest BCUT2D eigenvalue weighted by molar-refractivity contribution is -0.140. The quantitative estimate of drug-likeness (QED) is 0.295. The highest BCUT2D eigenvalue weighted by Crippen LogP contribution is 2.35. The van der Waals surface area contributed by atoms with E-state index in [0.29, 0.717) is 17.1 Å². The molecule has 1 saturated heterocycles. The van der Waals surface area contributed by atoms with Crippen molar-refractivity contribution in [3.8, 4) is 11.5 Å². The fourth-order valence-corrected chi connectivity index (χ4v) is 4.55. The molecule has 1 aliphatic rings. The van der Waals surface area contributed by atoms with Crippen molar-refractivity contribution < 1.29 is 33.0 Å². The van der Waals surface area contributed by atoms with E-state index in [1.54, 1.807) is 24.3 Å². The largest absolute Gasteiger partial charge is 0.485 e. The van der Waals surface area contributed by atoms with Gasteiger partial charge in [0.05, 0.1) is 4.91 Å². The molecule has 0 unspecified atom stereocenters. The molecule has 36 heavy (non-hydrogen) atoms. The molecule has 1 N–H and O–H groups in total. The van der Waals surface area contributed by atoms with Gasteiger partial charge in [-0.1, -0.05) is 60.4 Å². The number of carbonyl (C=O) groups excluding carboxylic acids is 1. The highest BCUT2D eigenvalue weighted by Gasteiger charge is 2.33. The van der Waals surface area contributed by atoms with Crippen LogP contribution in [0.1, 0.15) is 16.7 Å². The second-order valence-electron chi connectivity index (χ2n) is 7.67. The van der Waals surface area contributed by atoms with Crippen molar-refractivity contribution in [2.24, 2.45) is 0 Å². The summed E-state index contributed by atoms with van der Waals surface area (Å²) in [5.74, 6) is -2.39. The minimum Gasteiger partial charge on any atom is -0.485 e. The van der Waals surface area contributed by atoms with Crippen molar-refractivity contribution in [1.29, 1.82) is 0 Å². The zero-order valence-corrected chi connectivity index (χ0v) is 20.3. The number of hydrogen-bond donors (Lipinski definition) is 1. The average molecular weight is 528 g/mol. The molecule has 10 heteroatoms. The molecule has 1 fully saturated rings. The monoisotopic (exact) mass is 527 g/mol. The lowest BCUT2D eigenvalue weighted by Crippen LogP contribution is -2.33. The van der Waals surface area contributed by atoms with E-state index in [1.165, 1.54) is 6.07 Å². The van der Waals surface area contributed by atoms with Gasteiger partial charge in [0.25, 0.3) is 5.91 Å². The summed E-state index contributed by atoms with van der Waals surface area (Å²) in [5.41, 5.74) is 1.68. The van der Waals surface area contributed by atoms with Gasteiger partial charge in [-0.3, -0.25) is 14.5 Å². The van der Waals surface area contributed by atoms with Crippen LogP contribution in [0.4, 0.5) is 8.78 Å². The van der Waals surface area contributed by atoms with Crippen LogP contribution in [-0.2, 0) is 22.8 Å². The number of hydrogen-bond acceptors (Lipinski definition) is 6. The lowest BCUT2D eigenvalue weighted by Gasteiger charge is -2.14. The van der Waals surface area contributed by atoms with Crippen LogP contribution in [0.25, 0.3) is 6.08 Å². The normalized spacial score (nSPS) is 14.4. The van der Waals surface area contributed by atoms with Crippen molar-refractivity contribution in [1.82, 2.24) is 4.90 Å². The molecule has 184 valence electrons. The third kappa shape index (κ3) is 6.27. The number of nitrogens with zero attached hydrogens (tertiary/aromatic N) is 1. The van der Waals surface area contributed by atoms with Gasteiger partial charge in [0, 0.05) is 11.6 Å². The smallest absolute Gasteiger partial charge is 0.323 e. The van der Waals surface area contributed by atoms with E-state index in [1.807, 2.05) is 30.3 Å². The Morgan fingerprint density at radius 1 is 1.00 bits per heavy atom. The number of amides is 1. The summed E-state index contributed by atoms with van der Waals surface area (Å²) in [7, 11) is 0. The Balaban J connectivity index is 1.58. The van der Waals surface area contributed by atoms with Gasteiger partial charge in [-0.2, -0.15) is 0 Å². The van der Waals surface area contributed by atoms with Crippen LogP contribution < -0.4 is 9.47 Å². The Hall–Kier alpha value is -3.76. The predicted molar refractivity (Wildman–Crippen MR) is 135 cm³/mol. The van der Waals surface area contributed by atoms with Gasteiger partial charge in [-0.15, -0.1) is 0 Å². The lowest BCUT2D eigenvalue weighted by atomic mass is 10.1. The summed E-state index contributed by atoms with van der Waals surface area (Å²) in [5, 5.41) is 9.01. The van der Waals surface area contributed by atoms with Gasteiger partial charge in [-0.25, -0.2) is 8.78 Å². The molecule has 0 saturated carbocycles. The van der Waals surface area contributed by atoms with E-state index in [0.717, 1.165) is 34.4 Å². The maximum absolute atomic E-state index is 14.0. The first-order valence-electron chi connectivity index (χ1n) is 10.6. The SMILES string of the molecule is O=C(O)CN1C(=O)C(=Cc2ccc(OCc3ccc(F)cc3F)c(OCc3ccccc3)c2)SC1=S. The zero-order valence-electron chi connectivity index (χ0n) is 18.6. The number of halogens is 2. The molecule has 1 heterocycles. The Morgan fingerprint density at radius 2 is 1.75 bits per heavy atom. The first kappa shape index (κ1) is 25.3. The molecule has 3 aromatic carbocycles. The number of thiocarbonyl (C=S) groups is 1. The van der Waals surface area contributed by atoms with Crippen molar-refractivity contribution in [2.45, 2.75) is 13.2 Å². The van der Waals surface area contributed by atoms with Crippen molar-refractivity contribution in [2.75, 3.05) is 6.54 Å². The molecule has 4 rings (SSSR count). The molecule has 0 radical (unpaired) electrons. The first-order valence-corrected chi connectivity index (χ1v) is 11.9. The minimum atomic E-state index is -1.16. The van der Waals surface area contributed by atoms with Crippen molar-refractivity contribution in [3.05, 3.63) is 100.0 Å². The van der Waals surface area contributed by atoms with Crippen LogP contribution in [0.3, 0.4) is 0 Å². The zero-order chi connectivity index (χ0) is 25.7. The second-order valence-corrected chi connectivity index (χ2v) is 9.34. The summed E-state index contributed by atoms with van der Waals surface area (Å²) in [6.45, 7) is -0.437. The van der Waals surface area contributed by atoms with E-state index in [-0.39, 0.29) is 28.0 Å². The topological polar surface area (TPSA) is 76.1 Å². The number of benzene rings is 3. The highest BCUT2D eigenvalue weighted by molar-refractivity contribution is 8.26. The van der Waals surface area contributed by atoms with Gasteiger partial charge in [0.1, 0.15) is 35.7 Å². The molecule has 0 atom stereocenters. The molecule has 1 aliphatic heterocycles. The Labute approximate surface area is 215 Å². The van der Waals surface area contributed by atoms with E-state index in [4.69, 9.17) is 26.8 Å². The van der Waals surface area contributed by atoms with Crippen molar-refractivity contribution in [3.63, 3.8) is 0 Å². The van der Waals surface area contributed by atoms with Gasteiger partial charge in [0.2, 0.25) is 0 Å². The molecule has 3 aromatic rings. The fraction of sp³-hybridized carbons (Fsp3) is 0.115. The summed E-state index contributed by atoms with van der Waals surface area (Å²) in [4.78, 5) is 24.9. The molecule has 0 aliphatic carbocycles. The van der Waals surface area contributed by atoms with Gasteiger partial charge < -0.3 is 14.6 Å². The fourth-order valence-electron chi connectivity index (χ4n) is 3.30. The highest BCUT2D eigenvalue weighted by atomic mass is 32.2. The molecule has 0 aromatic heterocycles. The number of thioether (sulfide) groups is 1. The summed E-state index contributed by atoms with van der Waals surface area (Å²) in [6.07, 6.45) is 1.58. The number of ether oxygens (including phenoxy) is 2. The summed E-state index contributed by atoms with van der Waals surface area (Å²) in [6, 6.07) is 17.6. The van der Waals surface area contributed by atoms with Gasteiger partial charge >= 0.3 is 5.97 Å². The first-order chi connectivity index (χ1) is 17.3. The molecule has 1 amide bonds. The van der Waals surface area contributed by atoms with Crippen LogP contribution in [-0.4, -0.2) is 32.7 Å². The van der Waals surface area contributed by atoms with Crippen LogP contribution >= 0.6 is 24.0 Å². The Morgan fingerprint density at radius 3 is 2.47 bits per heavy atom. The number of aliphatic carboxylic acids is 1. The minimum absolute atomic E-state index is 0.152. The van der Waals surface area contributed by atoms with Gasteiger partial charge in [-0.05, 0) is 41.5 Å². The number of carboxylic acid groups (broad SMARTS) is 1. The third-order valence-corrected chi connectivity index (χ3v) is 6.45.